The Morgan fingerprint density at radius 2 is 1.82 bits per heavy atom. The van der Waals surface area contributed by atoms with Crippen molar-refractivity contribution in [1.29, 1.82) is 0 Å². The number of benzene rings is 2. The van der Waals surface area contributed by atoms with Crippen LogP contribution in [0.15, 0.2) is 48.5 Å². The zero-order chi connectivity index (χ0) is 23.3. The van der Waals surface area contributed by atoms with Crippen LogP contribution in [0.5, 0.6) is 0 Å². The molecule has 1 heterocycles. The van der Waals surface area contributed by atoms with Gasteiger partial charge in [0, 0.05) is 12.0 Å². The molecule has 0 radical (unpaired) electrons. The molecule has 5 rings (SSSR count). The van der Waals surface area contributed by atoms with Crippen LogP contribution in [0.4, 0.5) is 5.82 Å². The van der Waals surface area contributed by atoms with Crippen molar-refractivity contribution in [3.63, 3.8) is 0 Å². The average molecular weight is 456 g/mol. The van der Waals surface area contributed by atoms with E-state index in [2.05, 4.69) is 29.6 Å². The van der Waals surface area contributed by atoms with E-state index in [9.17, 15) is 9.90 Å². The number of aliphatic hydroxyl groups is 1. The first-order valence-corrected chi connectivity index (χ1v) is 12.7. The van der Waals surface area contributed by atoms with Crippen LogP contribution in [0.1, 0.15) is 66.6 Å². The lowest BCUT2D eigenvalue weighted by Gasteiger charge is -2.22. The third-order valence-corrected chi connectivity index (χ3v) is 7.21. The lowest BCUT2D eigenvalue weighted by Crippen LogP contribution is -2.19. The summed E-state index contributed by atoms with van der Waals surface area (Å²) in [5.41, 5.74) is 7.34. The Morgan fingerprint density at radius 1 is 1.00 bits per heavy atom. The van der Waals surface area contributed by atoms with E-state index in [0.717, 1.165) is 60.3 Å². The van der Waals surface area contributed by atoms with Crippen molar-refractivity contribution in [2.75, 3.05) is 5.32 Å². The first kappa shape index (κ1) is 22.7. The number of aliphatic hydroxyl groups excluding tert-OH is 1. The molecule has 0 atom stereocenters. The molecular formula is C29H33N3O2. The number of anilines is 1. The number of amides is 1. The Bertz CT molecular complexity index is 1150. The van der Waals surface area contributed by atoms with Crippen molar-refractivity contribution >= 4 is 11.7 Å². The summed E-state index contributed by atoms with van der Waals surface area (Å²) in [7, 11) is 0. The topological polar surface area (TPSA) is 75.1 Å². The molecule has 1 fully saturated rings. The lowest BCUT2D eigenvalue weighted by molar-refractivity contribution is -0.116. The molecule has 0 saturated heterocycles. The number of aryl methyl sites for hydroxylation is 3. The van der Waals surface area contributed by atoms with E-state index in [0.29, 0.717) is 18.2 Å². The highest BCUT2D eigenvalue weighted by molar-refractivity contribution is 5.90. The van der Waals surface area contributed by atoms with Gasteiger partial charge in [-0.05, 0) is 54.7 Å². The molecule has 2 aliphatic carbocycles. The maximum Gasteiger partial charge on any atom is 0.225 e. The van der Waals surface area contributed by atoms with E-state index in [4.69, 9.17) is 9.97 Å². The van der Waals surface area contributed by atoms with Gasteiger partial charge in [0.15, 0.2) is 5.82 Å². The molecule has 5 heteroatoms. The number of hydrogen-bond acceptors (Lipinski definition) is 4. The molecule has 2 aromatic carbocycles. The van der Waals surface area contributed by atoms with Crippen LogP contribution in [0, 0.1) is 5.92 Å². The number of carbonyl (C=O) groups is 1. The van der Waals surface area contributed by atoms with Crippen molar-refractivity contribution in [2.45, 2.75) is 70.8 Å². The molecule has 0 unspecified atom stereocenters. The van der Waals surface area contributed by atoms with Crippen LogP contribution < -0.4 is 5.32 Å². The fourth-order valence-electron chi connectivity index (χ4n) is 5.35. The monoisotopic (exact) mass is 455 g/mol. The van der Waals surface area contributed by atoms with Crippen molar-refractivity contribution in [1.82, 2.24) is 9.97 Å². The minimum atomic E-state index is 0.0154. The van der Waals surface area contributed by atoms with Crippen LogP contribution in [0.2, 0.25) is 0 Å². The molecule has 3 aromatic rings. The third kappa shape index (κ3) is 5.20. The summed E-state index contributed by atoms with van der Waals surface area (Å²) in [4.78, 5) is 22.9. The standard InChI is InChI=1S/C29H33N3O2/c33-19-22-13-15-24-23(17-22)14-16-25-28(24)30-26(18-21-9-4-5-10-21)29(31-25)32-27(34)12-6-11-20-7-2-1-3-8-20/h1-3,7-8,13,15,17,21,33H,4-6,9-12,14,16,18-19H2,(H,31,32,34). The van der Waals surface area contributed by atoms with Gasteiger partial charge >= 0.3 is 0 Å². The van der Waals surface area contributed by atoms with Gasteiger partial charge in [-0.1, -0.05) is 74.2 Å². The predicted molar refractivity (Wildman–Crippen MR) is 134 cm³/mol. The number of hydrogen-bond donors (Lipinski definition) is 2. The zero-order valence-electron chi connectivity index (χ0n) is 19.7. The molecule has 1 aromatic heterocycles. The second-order valence-corrected chi connectivity index (χ2v) is 9.71. The second-order valence-electron chi connectivity index (χ2n) is 9.71. The first-order chi connectivity index (χ1) is 16.7. The maximum atomic E-state index is 12.8. The molecule has 34 heavy (non-hydrogen) atoms. The minimum Gasteiger partial charge on any atom is -0.392 e. The number of aromatic nitrogens is 2. The Hall–Kier alpha value is -3.05. The molecule has 0 aliphatic heterocycles. The molecule has 1 saturated carbocycles. The Morgan fingerprint density at radius 3 is 2.62 bits per heavy atom. The SMILES string of the molecule is O=C(CCCc1ccccc1)Nc1nc2c(nc1CC1CCCC1)-c1ccc(CO)cc1CC2. The van der Waals surface area contributed by atoms with Crippen LogP contribution in [-0.4, -0.2) is 21.0 Å². The summed E-state index contributed by atoms with van der Waals surface area (Å²) in [5, 5.41) is 12.6. The van der Waals surface area contributed by atoms with Crippen molar-refractivity contribution < 1.29 is 9.90 Å². The number of rotatable bonds is 8. The summed E-state index contributed by atoms with van der Waals surface area (Å²) in [6, 6.07) is 16.4. The number of nitrogens with zero attached hydrogens (tertiary/aromatic N) is 2. The second kappa shape index (κ2) is 10.5. The third-order valence-electron chi connectivity index (χ3n) is 7.21. The van der Waals surface area contributed by atoms with Gasteiger partial charge in [0.2, 0.25) is 5.91 Å². The molecule has 0 bridgehead atoms. The maximum absolute atomic E-state index is 12.8. The van der Waals surface area contributed by atoms with Gasteiger partial charge in [-0.2, -0.15) is 0 Å². The van der Waals surface area contributed by atoms with E-state index in [1.807, 2.05) is 24.3 Å². The molecule has 176 valence electrons. The molecule has 1 amide bonds. The van der Waals surface area contributed by atoms with E-state index in [1.54, 1.807) is 0 Å². The number of nitrogens with one attached hydrogen (secondary N) is 1. The van der Waals surface area contributed by atoms with Crippen LogP contribution in [-0.2, 0) is 37.1 Å². The molecule has 5 nitrogen and oxygen atoms in total. The van der Waals surface area contributed by atoms with Gasteiger partial charge < -0.3 is 10.4 Å². The summed E-state index contributed by atoms with van der Waals surface area (Å²) in [6.45, 7) is 0.0496. The highest BCUT2D eigenvalue weighted by Gasteiger charge is 2.25. The minimum absolute atomic E-state index is 0.0154. The van der Waals surface area contributed by atoms with E-state index in [-0.39, 0.29) is 12.5 Å². The van der Waals surface area contributed by atoms with Crippen molar-refractivity contribution in [3.8, 4) is 11.3 Å². The molecule has 2 aliphatic rings. The van der Waals surface area contributed by atoms with Gasteiger partial charge in [-0.15, -0.1) is 0 Å². The summed E-state index contributed by atoms with van der Waals surface area (Å²) in [5.74, 6) is 1.29. The van der Waals surface area contributed by atoms with Crippen LogP contribution >= 0.6 is 0 Å². The fraction of sp³-hybridized carbons (Fsp3) is 0.414. The summed E-state index contributed by atoms with van der Waals surface area (Å²) < 4.78 is 0. The largest absolute Gasteiger partial charge is 0.392 e. The number of carbonyl (C=O) groups excluding carboxylic acids is 1. The normalized spacial score (nSPS) is 15.1. The van der Waals surface area contributed by atoms with Gasteiger partial charge in [0.1, 0.15) is 0 Å². The smallest absolute Gasteiger partial charge is 0.225 e. The molecule has 0 spiro atoms. The van der Waals surface area contributed by atoms with E-state index < -0.39 is 0 Å². The highest BCUT2D eigenvalue weighted by Crippen LogP contribution is 2.35. The van der Waals surface area contributed by atoms with Gasteiger partial charge in [0.25, 0.3) is 0 Å². The Kier molecular flexibility index (Phi) is 7.00. The molecule has 2 N–H and O–H groups in total. The Balaban J connectivity index is 1.36. The van der Waals surface area contributed by atoms with E-state index in [1.165, 1.54) is 36.8 Å². The van der Waals surface area contributed by atoms with Crippen LogP contribution in [0.3, 0.4) is 0 Å². The zero-order valence-corrected chi connectivity index (χ0v) is 19.7. The summed E-state index contributed by atoms with van der Waals surface area (Å²) in [6.07, 6.45) is 9.71. The van der Waals surface area contributed by atoms with Gasteiger partial charge in [0.05, 0.1) is 23.7 Å². The highest BCUT2D eigenvalue weighted by atomic mass is 16.3. The molecular weight excluding hydrogens is 422 g/mol. The summed E-state index contributed by atoms with van der Waals surface area (Å²) >= 11 is 0. The van der Waals surface area contributed by atoms with Crippen molar-refractivity contribution in [3.05, 3.63) is 76.6 Å². The van der Waals surface area contributed by atoms with Crippen LogP contribution in [0.25, 0.3) is 11.3 Å². The average Bonchev–Trinajstić information content (AvgIpc) is 3.38. The predicted octanol–water partition coefficient (Wildman–Crippen LogP) is 5.43. The van der Waals surface area contributed by atoms with E-state index >= 15 is 0 Å². The quantitative estimate of drug-likeness (QED) is 0.475. The lowest BCUT2D eigenvalue weighted by atomic mass is 9.90. The number of fused-ring (bicyclic) bond motifs is 3. The van der Waals surface area contributed by atoms with Gasteiger partial charge in [-0.25, -0.2) is 9.97 Å². The Labute approximate surface area is 201 Å². The van der Waals surface area contributed by atoms with Crippen molar-refractivity contribution in [2.24, 2.45) is 5.92 Å². The fourth-order valence-corrected chi connectivity index (χ4v) is 5.35. The van der Waals surface area contributed by atoms with Gasteiger partial charge in [-0.3, -0.25) is 4.79 Å². The first-order valence-electron chi connectivity index (χ1n) is 12.7.